The highest BCUT2D eigenvalue weighted by atomic mass is 32.2. The molecule has 1 spiro atoms. The summed E-state index contributed by atoms with van der Waals surface area (Å²) in [5, 5.41) is 8.40. The third-order valence-corrected chi connectivity index (χ3v) is 12.1. The number of carbonyl (C=O) groups is 6. The summed E-state index contributed by atoms with van der Waals surface area (Å²) >= 11 is 0. The molecule has 2 atom stereocenters. The number of nitrogens with two attached hydrogens (primary N) is 1. The van der Waals surface area contributed by atoms with Gasteiger partial charge in [0.1, 0.15) is 11.9 Å². The van der Waals surface area contributed by atoms with E-state index in [0.29, 0.717) is 44.2 Å². The van der Waals surface area contributed by atoms with Crippen molar-refractivity contribution in [2.45, 2.75) is 49.2 Å². The highest BCUT2D eigenvalue weighted by molar-refractivity contribution is 7.90. The van der Waals surface area contributed by atoms with Crippen molar-refractivity contribution in [1.82, 2.24) is 35.3 Å². The smallest absolute Gasteiger partial charge is 0.317 e. The Morgan fingerprint density at radius 2 is 1.71 bits per heavy atom. The molecule has 1 aromatic heterocycles. The largest absolute Gasteiger partial charge is 0.364 e. The molecule has 4 fully saturated rings. The molecule has 5 aliphatic heterocycles. The van der Waals surface area contributed by atoms with Crippen molar-refractivity contribution in [2.24, 2.45) is 11.1 Å². The molecule has 18 nitrogen and oxygen atoms in total. The van der Waals surface area contributed by atoms with E-state index in [4.69, 9.17) is 5.73 Å². The van der Waals surface area contributed by atoms with Gasteiger partial charge in [0.15, 0.2) is 21.3 Å². The predicted molar refractivity (Wildman–Crippen MR) is 200 cm³/mol. The third-order valence-electron chi connectivity index (χ3n) is 11.0. The fraction of sp³-hybridized carbons (Fsp3) is 0.405. The molecule has 2 aromatic carbocycles. The summed E-state index contributed by atoms with van der Waals surface area (Å²) in [7, 11) is -3.38. The summed E-state index contributed by atoms with van der Waals surface area (Å²) < 4.78 is 23.7. The van der Waals surface area contributed by atoms with Gasteiger partial charge in [0.2, 0.25) is 11.8 Å². The number of rotatable bonds is 9. The van der Waals surface area contributed by atoms with Crippen LogP contribution in [0, 0.1) is 5.41 Å². The van der Waals surface area contributed by atoms with E-state index in [-0.39, 0.29) is 57.9 Å². The summed E-state index contributed by atoms with van der Waals surface area (Å²) in [6.07, 6.45) is 4.32. The zero-order valence-corrected chi connectivity index (χ0v) is 31.3. The van der Waals surface area contributed by atoms with Crippen LogP contribution in [0.2, 0.25) is 0 Å². The molecule has 3 aromatic rings. The maximum Gasteiger partial charge on any atom is 0.317 e. The van der Waals surface area contributed by atoms with Gasteiger partial charge in [0, 0.05) is 75.6 Å². The van der Waals surface area contributed by atoms with Crippen molar-refractivity contribution in [1.29, 1.82) is 0 Å². The number of carbonyl (C=O) groups excluding carboxylic acids is 6. The van der Waals surface area contributed by atoms with E-state index in [2.05, 4.69) is 30.8 Å². The molecule has 0 bridgehead atoms. The maximum atomic E-state index is 13.3. The van der Waals surface area contributed by atoms with Crippen LogP contribution in [0.3, 0.4) is 0 Å². The normalized spacial score (nSPS) is 22.0. The quantitative estimate of drug-likeness (QED) is 0.218. The molecule has 4 saturated heterocycles. The topological polar surface area (TPSA) is 237 Å². The Hall–Kier alpha value is -5.95. The Morgan fingerprint density at radius 1 is 0.982 bits per heavy atom. The molecule has 292 valence electrons. The van der Waals surface area contributed by atoms with Gasteiger partial charge in [-0.15, -0.1) is 0 Å². The van der Waals surface area contributed by atoms with Crippen LogP contribution < -0.4 is 26.6 Å². The van der Waals surface area contributed by atoms with E-state index in [1.165, 1.54) is 18.3 Å². The van der Waals surface area contributed by atoms with Gasteiger partial charge < -0.3 is 26.2 Å². The van der Waals surface area contributed by atoms with Gasteiger partial charge in [0.05, 0.1) is 22.2 Å². The number of likely N-dealkylation sites (tertiary alicyclic amines) is 2. The minimum absolute atomic E-state index is 0.00664. The van der Waals surface area contributed by atoms with Crippen LogP contribution in [0.1, 0.15) is 62.5 Å². The standard InChI is InChI=1S/C37H40N10O8S/c1-56(54,55)24-7-5-22(6-8-24)40-32-30(31(38)49)39-14-28(42-32)45-12-2-3-23(16-45)41-36(53)46-19-37(20-46)17-44(18-37)15-21-4-9-25-26(13-21)35(52)47(34(25)51)27-10-11-29(48)43-33(27)50/h4-9,13-14,23,27H,2-3,10-12,15-20H2,1H3,(H2,38,49)(H,40,42)(H,41,53)(H,43,48,50). The van der Waals surface area contributed by atoms with Crippen molar-refractivity contribution >= 4 is 62.7 Å². The van der Waals surface area contributed by atoms with E-state index in [9.17, 15) is 37.2 Å². The lowest BCUT2D eigenvalue weighted by molar-refractivity contribution is -0.136. The number of nitrogens with zero attached hydrogens (tertiary/aromatic N) is 6. The number of fused-ring (bicyclic) bond motifs is 1. The van der Waals surface area contributed by atoms with E-state index < -0.39 is 45.4 Å². The van der Waals surface area contributed by atoms with Gasteiger partial charge in [-0.2, -0.15) is 0 Å². The van der Waals surface area contributed by atoms with Crippen LogP contribution in [-0.4, -0.2) is 126 Å². The van der Waals surface area contributed by atoms with E-state index in [1.807, 2.05) is 11.0 Å². The van der Waals surface area contributed by atoms with Crippen molar-refractivity contribution in [3.05, 3.63) is 71.0 Å². The van der Waals surface area contributed by atoms with Crippen LogP contribution in [-0.2, 0) is 26.0 Å². The Balaban J connectivity index is 0.827. The number of nitrogens with one attached hydrogen (secondary N) is 3. The number of hydrogen-bond acceptors (Lipinski definition) is 13. The molecule has 19 heteroatoms. The molecule has 0 radical (unpaired) electrons. The van der Waals surface area contributed by atoms with E-state index in [0.717, 1.165) is 42.7 Å². The monoisotopic (exact) mass is 784 g/mol. The average Bonchev–Trinajstić information content (AvgIpc) is 3.36. The molecule has 0 saturated carbocycles. The lowest BCUT2D eigenvalue weighted by Gasteiger charge is -2.60. The van der Waals surface area contributed by atoms with Gasteiger partial charge >= 0.3 is 6.03 Å². The number of piperidine rings is 2. The Kier molecular flexibility index (Phi) is 9.23. The first-order chi connectivity index (χ1) is 26.7. The number of primary amides is 1. The fourth-order valence-corrected chi connectivity index (χ4v) is 8.92. The van der Waals surface area contributed by atoms with Crippen molar-refractivity contribution in [3.63, 3.8) is 0 Å². The second kappa shape index (κ2) is 14.0. The van der Waals surface area contributed by atoms with Crippen molar-refractivity contribution in [3.8, 4) is 0 Å². The number of hydrogen-bond donors (Lipinski definition) is 4. The van der Waals surface area contributed by atoms with E-state index in [1.54, 1.807) is 29.2 Å². The van der Waals surface area contributed by atoms with Gasteiger partial charge in [-0.1, -0.05) is 6.07 Å². The molecular weight excluding hydrogens is 745 g/mol. The highest BCUT2D eigenvalue weighted by Crippen LogP contribution is 2.41. The van der Waals surface area contributed by atoms with Gasteiger partial charge in [0.25, 0.3) is 17.7 Å². The van der Waals surface area contributed by atoms with Gasteiger partial charge in [-0.3, -0.25) is 39.1 Å². The van der Waals surface area contributed by atoms with Crippen LogP contribution in [0.25, 0.3) is 0 Å². The van der Waals surface area contributed by atoms with Crippen molar-refractivity contribution in [2.75, 3.05) is 55.7 Å². The third kappa shape index (κ3) is 7.03. The number of aromatic nitrogens is 2. The first-order valence-corrected chi connectivity index (χ1v) is 20.2. The molecule has 6 heterocycles. The van der Waals surface area contributed by atoms with Crippen LogP contribution >= 0.6 is 0 Å². The first kappa shape index (κ1) is 37.0. The summed E-state index contributed by atoms with van der Waals surface area (Å²) in [5.41, 5.74) is 7.35. The zero-order valence-electron chi connectivity index (χ0n) is 30.5. The molecule has 5 aliphatic rings. The molecule has 7 amide bonds. The fourth-order valence-electron chi connectivity index (χ4n) is 8.29. The van der Waals surface area contributed by atoms with Crippen LogP contribution in [0.4, 0.5) is 22.1 Å². The van der Waals surface area contributed by atoms with Crippen LogP contribution in [0.15, 0.2) is 53.6 Å². The number of anilines is 3. The molecule has 56 heavy (non-hydrogen) atoms. The summed E-state index contributed by atoms with van der Waals surface area (Å²) in [4.78, 5) is 91.7. The number of sulfone groups is 1. The minimum Gasteiger partial charge on any atom is -0.364 e. The lowest BCUT2D eigenvalue weighted by atomic mass is 9.73. The van der Waals surface area contributed by atoms with E-state index >= 15 is 0 Å². The molecule has 2 unspecified atom stereocenters. The summed E-state index contributed by atoms with van der Waals surface area (Å²) in [6.45, 7) is 4.49. The average molecular weight is 785 g/mol. The number of urea groups is 1. The number of benzene rings is 2. The van der Waals surface area contributed by atoms with Crippen LogP contribution in [0.5, 0.6) is 0 Å². The Morgan fingerprint density at radius 3 is 2.41 bits per heavy atom. The Bertz CT molecular complexity index is 2290. The molecular formula is C37H40N10O8S. The number of amides is 7. The number of imide groups is 2. The zero-order chi connectivity index (χ0) is 39.5. The SMILES string of the molecule is CS(=O)(=O)c1ccc(Nc2nc(N3CCCC(NC(=O)N4CC5(CN(Cc6ccc7c(c6)C(=O)N(C6CCC(=O)NC6=O)C7=O)C5)C4)C3)cnc2C(N)=O)cc1. The van der Waals surface area contributed by atoms with Crippen molar-refractivity contribution < 1.29 is 37.2 Å². The molecule has 0 aliphatic carbocycles. The summed E-state index contributed by atoms with van der Waals surface area (Å²) in [6, 6.07) is 9.86. The van der Waals surface area contributed by atoms with Gasteiger partial charge in [-0.25, -0.2) is 23.2 Å². The Labute approximate surface area is 321 Å². The highest BCUT2D eigenvalue weighted by Gasteiger charge is 2.53. The summed E-state index contributed by atoms with van der Waals surface area (Å²) in [5.74, 6) is -2.28. The lowest BCUT2D eigenvalue weighted by Crippen LogP contribution is -2.73. The maximum absolute atomic E-state index is 13.3. The second-order valence-electron chi connectivity index (χ2n) is 15.3. The minimum atomic E-state index is -3.38. The molecule has 5 N–H and O–H groups in total. The first-order valence-electron chi connectivity index (χ1n) is 18.3. The molecule has 8 rings (SSSR count). The second-order valence-corrected chi connectivity index (χ2v) is 17.3. The predicted octanol–water partition coefficient (Wildman–Crippen LogP) is 0.620. The van der Waals surface area contributed by atoms with Gasteiger partial charge in [-0.05, 0) is 61.2 Å².